The van der Waals surface area contributed by atoms with Gasteiger partial charge in [-0.3, -0.25) is 4.79 Å². The van der Waals surface area contributed by atoms with E-state index >= 15 is 0 Å². The molecule has 0 aliphatic carbocycles. The van der Waals surface area contributed by atoms with Crippen LogP contribution in [0.5, 0.6) is 0 Å². The van der Waals surface area contributed by atoms with Gasteiger partial charge >= 0.3 is 0 Å². The summed E-state index contributed by atoms with van der Waals surface area (Å²) in [5, 5.41) is 4.24. The molecule has 1 N–H and O–H groups in total. The van der Waals surface area contributed by atoms with Crippen molar-refractivity contribution in [1.29, 1.82) is 0 Å². The molecular weight excluding hydrogens is 271 g/mol. The Bertz CT molecular complexity index is 451. The van der Waals surface area contributed by atoms with Crippen molar-refractivity contribution in [1.82, 2.24) is 5.32 Å². The smallest absolute Gasteiger partial charge is 0.244 e. The van der Waals surface area contributed by atoms with Crippen molar-refractivity contribution < 1.29 is 4.79 Å². The molecule has 1 aromatic carbocycles. The molecule has 1 aliphatic heterocycles. The normalized spacial score (nSPS) is 20.9. The van der Waals surface area contributed by atoms with E-state index in [9.17, 15) is 4.79 Å². The maximum atomic E-state index is 12.4. The summed E-state index contributed by atoms with van der Waals surface area (Å²) in [6, 6.07) is 5.21. The minimum atomic E-state index is -0.109. The van der Waals surface area contributed by atoms with E-state index < -0.39 is 0 Å². The standard InChI is InChI=1S/C13H16Cl2N2O/c1-2-12-13(18)17(7-3-6-16-12)9-4-5-10(14)11(15)8-9/h4-5,8,12,16H,2-3,6-7H2,1H3/t12-/m1/s1. The molecule has 0 radical (unpaired) electrons. The van der Waals surface area contributed by atoms with E-state index in [1.807, 2.05) is 13.0 Å². The third-order valence-electron chi connectivity index (χ3n) is 3.14. The first-order valence-corrected chi connectivity index (χ1v) is 6.89. The molecule has 1 amide bonds. The number of nitrogens with zero attached hydrogens (tertiary/aromatic N) is 1. The van der Waals surface area contributed by atoms with E-state index in [4.69, 9.17) is 23.2 Å². The van der Waals surface area contributed by atoms with Crippen LogP contribution in [0, 0.1) is 0 Å². The van der Waals surface area contributed by atoms with Gasteiger partial charge in [0.2, 0.25) is 5.91 Å². The number of anilines is 1. The van der Waals surface area contributed by atoms with E-state index in [-0.39, 0.29) is 11.9 Å². The molecule has 3 nitrogen and oxygen atoms in total. The zero-order valence-corrected chi connectivity index (χ0v) is 11.8. The van der Waals surface area contributed by atoms with Crippen molar-refractivity contribution >= 4 is 34.8 Å². The van der Waals surface area contributed by atoms with Crippen molar-refractivity contribution in [2.24, 2.45) is 0 Å². The van der Waals surface area contributed by atoms with Crippen LogP contribution in [0.15, 0.2) is 18.2 Å². The van der Waals surface area contributed by atoms with Crippen LogP contribution < -0.4 is 10.2 Å². The largest absolute Gasteiger partial charge is 0.311 e. The molecule has 5 heteroatoms. The fraction of sp³-hybridized carbons (Fsp3) is 0.462. The van der Waals surface area contributed by atoms with Crippen LogP contribution in [0.2, 0.25) is 10.0 Å². The molecule has 0 spiro atoms. The first-order valence-electron chi connectivity index (χ1n) is 6.13. The quantitative estimate of drug-likeness (QED) is 0.906. The monoisotopic (exact) mass is 286 g/mol. The Labute approximate surface area is 117 Å². The van der Waals surface area contributed by atoms with Crippen molar-refractivity contribution in [3.05, 3.63) is 28.2 Å². The molecule has 2 rings (SSSR count). The van der Waals surface area contributed by atoms with Crippen molar-refractivity contribution in [3.8, 4) is 0 Å². The lowest BCUT2D eigenvalue weighted by Crippen LogP contribution is -2.43. The summed E-state index contributed by atoms with van der Waals surface area (Å²) in [5.41, 5.74) is 0.816. The van der Waals surface area contributed by atoms with Gasteiger partial charge in [-0.2, -0.15) is 0 Å². The molecule has 1 fully saturated rings. The van der Waals surface area contributed by atoms with Gasteiger partial charge < -0.3 is 10.2 Å². The minimum absolute atomic E-state index is 0.105. The number of halogens is 2. The Morgan fingerprint density at radius 2 is 2.17 bits per heavy atom. The Morgan fingerprint density at radius 1 is 1.39 bits per heavy atom. The van der Waals surface area contributed by atoms with Crippen LogP contribution in [0.4, 0.5) is 5.69 Å². The molecular formula is C13H16Cl2N2O. The van der Waals surface area contributed by atoms with E-state index in [0.29, 0.717) is 16.6 Å². The Morgan fingerprint density at radius 3 is 2.83 bits per heavy atom. The Kier molecular flexibility index (Phi) is 4.49. The molecule has 18 heavy (non-hydrogen) atoms. The average Bonchev–Trinajstić information content (AvgIpc) is 2.54. The third-order valence-corrected chi connectivity index (χ3v) is 3.88. The van der Waals surface area contributed by atoms with Crippen LogP contribution in [0.25, 0.3) is 0 Å². The fourth-order valence-electron chi connectivity index (χ4n) is 2.13. The van der Waals surface area contributed by atoms with Gasteiger partial charge in [0.1, 0.15) is 0 Å². The number of carbonyl (C=O) groups is 1. The van der Waals surface area contributed by atoms with Crippen molar-refractivity contribution in [2.45, 2.75) is 25.8 Å². The summed E-state index contributed by atoms with van der Waals surface area (Å²) >= 11 is 11.9. The molecule has 1 saturated heterocycles. The van der Waals surface area contributed by atoms with E-state index in [2.05, 4.69) is 5.32 Å². The number of hydrogen-bond donors (Lipinski definition) is 1. The number of rotatable bonds is 2. The molecule has 98 valence electrons. The molecule has 1 aromatic rings. The van der Waals surface area contributed by atoms with Gasteiger partial charge in [0.25, 0.3) is 0 Å². The molecule has 0 unspecified atom stereocenters. The summed E-state index contributed by atoms with van der Waals surface area (Å²) in [5.74, 6) is 0.105. The maximum absolute atomic E-state index is 12.4. The van der Waals surface area contributed by atoms with Gasteiger partial charge in [0.05, 0.1) is 16.1 Å². The summed E-state index contributed by atoms with van der Waals surface area (Å²) in [7, 11) is 0. The van der Waals surface area contributed by atoms with Gasteiger partial charge in [-0.25, -0.2) is 0 Å². The Hall–Kier alpha value is -0.770. The van der Waals surface area contributed by atoms with Crippen LogP contribution in [0.3, 0.4) is 0 Å². The molecule has 0 aromatic heterocycles. The second-order valence-electron chi connectivity index (χ2n) is 4.36. The molecule has 1 atom stereocenters. The van der Waals surface area contributed by atoms with Gasteiger partial charge in [0.15, 0.2) is 0 Å². The highest BCUT2D eigenvalue weighted by molar-refractivity contribution is 6.42. The first-order chi connectivity index (χ1) is 8.63. The van der Waals surface area contributed by atoms with E-state index in [1.165, 1.54) is 0 Å². The topological polar surface area (TPSA) is 32.3 Å². The molecule has 0 bridgehead atoms. The predicted octanol–water partition coefficient (Wildman–Crippen LogP) is 3.10. The SMILES string of the molecule is CC[C@H]1NCCCN(c2ccc(Cl)c(Cl)c2)C1=O. The number of carbonyl (C=O) groups excluding carboxylic acids is 1. The average molecular weight is 287 g/mol. The van der Waals surface area contributed by atoms with Gasteiger partial charge in [-0.15, -0.1) is 0 Å². The first kappa shape index (κ1) is 13.7. The number of nitrogens with one attached hydrogen (secondary N) is 1. The van der Waals surface area contributed by atoms with Crippen molar-refractivity contribution in [2.75, 3.05) is 18.0 Å². The van der Waals surface area contributed by atoms with Crippen molar-refractivity contribution in [3.63, 3.8) is 0 Å². The second-order valence-corrected chi connectivity index (χ2v) is 5.17. The lowest BCUT2D eigenvalue weighted by molar-refractivity contribution is -0.120. The number of amides is 1. The second kappa shape index (κ2) is 5.91. The van der Waals surface area contributed by atoms with Crippen LogP contribution >= 0.6 is 23.2 Å². The predicted molar refractivity (Wildman–Crippen MR) is 75.5 cm³/mol. The fourth-order valence-corrected chi connectivity index (χ4v) is 2.42. The summed E-state index contributed by atoms with van der Waals surface area (Å²) in [4.78, 5) is 14.1. The summed E-state index contributed by atoms with van der Waals surface area (Å²) in [6.45, 7) is 3.58. The van der Waals surface area contributed by atoms with E-state index in [0.717, 1.165) is 25.1 Å². The number of benzene rings is 1. The zero-order chi connectivity index (χ0) is 13.1. The van der Waals surface area contributed by atoms with Gasteiger partial charge in [0, 0.05) is 12.2 Å². The summed E-state index contributed by atoms with van der Waals surface area (Å²) in [6.07, 6.45) is 1.72. The molecule has 1 heterocycles. The van der Waals surface area contributed by atoms with Crippen LogP contribution in [-0.2, 0) is 4.79 Å². The summed E-state index contributed by atoms with van der Waals surface area (Å²) < 4.78 is 0. The third kappa shape index (κ3) is 2.79. The Balaban J connectivity index is 2.29. The highest BCUT2D eigenvalue weighted by atomic mass is 35.5. The minimum Gasteiger partial charge on any atom is -0.311 e. The van der Waals surface area contributed by atoms with Crippen LogP contribution in [0.1, 0.15) is 19.8 Å². The molecule has 0 saturated carbocycles. The maximum Gasteiger partial charge on any atom is 0.244 e. The van der Waals surface area contributed by atoms with Gasteiger partial charge in [-0.05, 0) is 37.6 Å². The molecule has 1 aliphatic rings. The lowest BCUT2D eigenvalue weighted by Gasteiger charge is -2.24. The zero-order valence-electron chi connectivity index (χ0n) is 10.2. The van der Waals surface area contributed by atoms with Crippen LogP contribution in [-0.4, -0.2) is 25.0 Å². The van der Waals surface area contributed by atoms with E-state index in [1.54, 1.807) is 17.0 Å². The number of hydrogen-bond acceptors (Lipinski definition) is 2. The lowest BCUT2D eigenvalue weighted by atomic mass is 10.2. The van der Waals surface area contributed by atoms with Gasteiger partial charge in [-0.1, -0.05) is 30.1 Å². The highest BCUT2D eigenvalue weighted by Crippen LogP contribution is 2.28. The highest BCUT2D eigenvalue weighted by Gasteiger charge is 2.26.